The summed E-state index contributed by atoms with van der Waals surface area (Å²) in [7, 11) is 0. The highest BCUT2D eigenvalue weighted by atomic mass is 16.6. The predicted octanol–water partition coefficient (Wildman–Crippen LogP) is 2.25. The number of carbonyl (C=O) groups is 2. The first-order valence-electron chi connectivity index (χ1n) is 8.16. The lowest BCUT2D eigenvalue weighted by Crippen LogP contribution is -2.40. The van der Waals surface area contributed by atoms with Crippen LogP contribution in [0, 0.1) is 10.1 Å². The Kier molecular flexibility index (Phi) is 5.56. The highest BCUT2D eigenvalue weighted by Gasteiger charge is 2.09. The minimum atomic E-state index is -0.589. The van der Waals surface area contributed by atoms with Gasteiger partial charge >= 0.3 is 0 Å². The molecule has 0 aliphatic carbocycles. The zero-order valence-corrected chi connectivity index (χ0v) is 14.5. The van der Waals surface area contributed by atoms with Gasteiger partial charge in [0.15, 0.2) is 0 Å². The molecule has 3 aromatic rings. The Balaban J connectivity index is 1.53. The van der Waals surface area contributed by atoms with E-state index in [1.807, 2.05) is 30.3 Å². The van der Waals surface area contributed by atoms with Gasteiger partial charge in [0.25, 0.3) is 17.5 Å². The highest BCUT2D eigenvalue weighted by Crippen LogP contribution is 2.11. The SMILES string of the molecule is O=C(/C=C/c1cnn(-c2ccccc2)c1)NNC(=O)c1ccc([N+](=O)[O-])cc1. The van der Waals surface area contributed by atoms with E-state index in [0.717, 1.165) is 5.69 Å². The van der Waals surface area contributed by atoms with Gasteiger partial charge in [-0.15, -0.1) is 0 Å². The Morgan fingerprint density at radius 2 is 1.75 bits per heavy atom. The summed E-state index contributed by atoms with van der Waals surface area (Å²) in [5.74, 6) is -1.13. The van der Waals surface area contributed by atoms with Crippen molar-refractivity contribution in [2.45, 2.75) is 0 Å². The summed E-state index contributed by atoms with van der Waals surface area (Å²) in [4.78, 5) is 33.8. The Hall–Kier alpha value is -4.27. The molecule has 28 heavy (non-hydrogen) atoms. The van der Waals surface area contributed by atoms with E-state index in [2.05, 4.69) is 16.0 Å². The summed E-state index contributed by atoms with van der Waals surface area (Å²) >= 11 is 0. The molecule has 0 spiro atoms. The van der Waals surface area contributed by atoms with Crippen LogP contribution in [0.1, 0.15) is 15.9 Å². The third-order valence-corrected chi connectivity index (χ3v) is 3.69. The molecule has 9 heteroatoms. The Bertz CT molecular complexity index is 1030. The van der Waals surface area contributed by atoms with Gasteiger partial charge in [0, 0.05) is 35.5 Å². The molecule has 2 aromatic carbocycles. The molecule has 0 unspecified atom stereocenters. The van der Waals surface area contributed by atoms with Crippen LogP contribution in [0.15, 0.2) is 73.1 Å². The first-order chi connectivity index (χ1) is 13.5. The molecule has 1 heterocycles. The van der Waals surface area contributed by atoms with Crippen molar-refractivity contribution in [3.8, 4) is 5.69 Å². The van der Waals surface area contributed by atoms with Crippen molar-refractivity contribution in [3.05, 3.63) is 94.3 Å². The van der Waals surface area contributed by atoms with Crippen LogP contribution >= 0.6 is 0 Å². The fourth-order valence-electron chi connectivity index (χ4n) is 2.28. The van der Waals surface area contributed by atoms with Crippen LogP contribution in [0.5, 0.6) is 0 Å². The second kappa shape index (κ2) is 8.41. The van der Waals surface area contributed by atoms with E-state index in [1.54, 1.807) is 23.2 Å². The summed E-state index contributed by atoms with van der Waals surface area (Å²) in [6, 6.07) is 14.5. The molecule has 0 bridgehead atoms. The molecule has 0 atom stereocenters. The molecule has 2 amide bonds. The third kappa shape index (κ3) is 4.67. The van der Waals surface area contributed by atoms with Crippen molar-refractivity contribution in [2.24, 2.45) is 0 Å². The molecule has 3 rings (SSSR count). The lowest BCUT2D eigenvalue weighted by molar-refractivity contribution is -0.384. The number of nitrogens with zero attached hydrogens (tertiary/aromatic N) is 3. The molecular formula is C19H15N5O4. The van der Waals surface area contributed by atoms with Crippen LogP contribution in [0.2, 0.25) is 0 Å². The molecular weight excluding hydrogens is 362 g/mol. The van der Waals surface area contributed by atoms with Crippen molar-refractivity contribution >= 4 is 23.6 Å². The van der Waals surface area contributed by atoms with E-state index in [-0.39, 0.29) is 11.3 Å². The number of hydrogen-bond donors (Lipinski definition) is 2. The summed E-state index contributed by atoms with van der Waals surface area (Å²) in [6.45, 7) is 0. The average molecular weight is 377 g/mol. The fraction of sp³-hybridized carbons (Fsp3) is 0. The lowest BCUT2D eigenvalue weighted by Gasteiger charge is -2.04. The van der Waals surface area contributed by atoms with Crippen molar-refractivity contribution in [3.63, 3.8) is 0 Å². The lowest BCUT2D eigenvalue weighted by atomic mass is 10.2. The minimum Gasteiger partial charge on any atom is -0.268 e. The first kappa shape index (κ1) is 18.5. The molecule has 140 valence electrons. The van der Waals surface area contributed by atoms with Crippen LogP contribution < -0.4 is 10.9 Å². The average Bonchev–Trinajstić information content (AvgIpc) is 3.20. The summed E-state index contributed by atoms with van der Waals surface area (Å²) in [5, 5.41) is 14.8. The molecule has 0 saturated heterocycles. The van der Waals surface area contributed by atoms with Gasteiger partial charge in [0.05, 0.1) is 16.8 Å². The van der Waals surface area contributed by atoms with Crippen LogP contribution in [0.25, 0.3) is 11.8 Å². The summed E-state index contributed by atoms with van der Waals surface area (Å²) < 4.78 is 1.67. The van der Waals surface area contributed by atoms with Gasteiger partial charge in [-0.1, -0.05) is 18.2 Å². The number of nitro benzene ring substituents is 1. The Labute approximate surface area is 159 Å². The van der Waals surface area contributed by atoms with E-state index in [0.29, 0.717) is 5.56 Å². The van der Waals surface area contributed by atoms with Gasteiger partial charge in [-0.25, -0.2) is 4.68 Å². The summed E-state index contributed by atoms with van der Waals surface area (Å²) in [6.07, 6.45) is 6.17. The van der Waals surface area contributed by atoms with Crippen molar-refractivity contribution in [1.29, 1.82) is 0 Å². The van der Waals surface area contributed by atoms with E-state index >= 15 is 0 Å². The van der Waals surface area contributed by atoms with Gasteiger partial charge in [-0.05, 0) is 30.3 Å². The highest BCUT2D eigenvalue weighted by molar-refractivity contribution is 5.98. The normalized spacial score (nSPS) is 10.6. The number of amides is 2. The molecule has 0 saturated carbocycles. The van der Waals surface area contributed by atoms with Crippen LogP contribution in [-0.4, -0.2) is 26.5 Å². The Morgan fingerprint density at radius 1 is 1.04 bits per heavy atom. The van der Waals surface area contributed by atoms with E-state index in [1.165, 1.54) is 30.3 Å². The molecule has 2 N–H and O–H groups in total. The number of rotatable bonds is 5. The molecule has 1 aromatic heterocycles. The van der Waals surface area contributed by atoms with E-state index < -0.39 is 16.7 Å². The van der Waals surface area contributed by atoms with Crippen LogP contribution in [0.4, 0.5) is 5.69 Å². The topological polar surface area (TPSA) is 119 Å². The molecule has 0 aliphatic heterocycles. The van der Waals surface area contributed by atoms with Gasteiger partial charge in [-0.3, -0.25) is 30.6 Å². The van der Waals surface area contributed by atoms with Gasteiger partial charge in [0.2, 0.25) is 0 Å². The number of carbonyl (C=O) groups excluding carboxylic acids is 2. The van der Waals surface area contributed by atoms with Crippen molar-refractivity contribution in [2.75, 3.05) is 0 Å². The number of nitrogens with one attached hydrogen (secondary N) is 2. The van der Waals surface area contributed by atoms with Crippen LogP contribution in [0.3, 0.4) is 0 Å². The number of nitro groups is 1. The maximum atomic E-state index is 11.9. The summed E-state index contributed by atoms with van der Waals surface area (Å²) in [5.41, 5.74) is 6.13. The van der Waals surface area contributed by atoms with Crippen LogP contribution in [-0.2, 0) is 4.79 Å². The maximum Gasteiger partial charge on any atom is 0.269 e. The van der Waals surface area contributed by atoms with Gasteiger partial charge in [0.1, 0.15) is 0 Å². The molecule has 0 radical (unpaired) electrons. The third-order valence-electron chi connectivity index (χ3n) is 3.69. The van der Waals surface area contributed by atoms with Gasteiger partial charge < -0.3 is 0 Å². The molecule has 0 fully saturated rings. The van der Waals surface area contributed by atoms with Crippen molar-refractivity contribution < 1.29 is 14.5 Å². The second-order valence-corrected chi connectivity index (χ2v) is 5.63. The zero-order valence-electron chi connectivity index (χ0n) is 14.5. The van der Waals surface area contributed by atoms with Gasteiger partial charge in [-0.2, -0.15) is 5.10 Å². The fourth-order valence-corrected chi connectivity index (χ4v) is 2.28. The largest absolute Gasteiger partial charge is 0.269 e. The molecule has 9 nitrogen and oxygen atoms in total. The Morgan fingerprint density at radius 3 is 2.43 bits per heavy atom. The number of para-hydroxylation sites is 1. The van der Waals surface area contributed by atoms with Crippen molar-refractivity contribution in [1.82, 2.24) is 20.6 Å². The smallest absolute Gasteiger partial charge is 0.268 e. The minimum absolute atomic E-state index is 0.125. The zero-order chi connectivity index (χ0) is 19.9. The predicted molar refractivity (Wildman–Crippen MR) is 101 cm³/mol. The number of hydrazine groups is 1. The second-order valence-electron chi connectivity index (χ2n) is 5.63. The van der Waals surface area contributed by atoms with E-state index in [9.17, 15) is 19.7 Å². The first-order valence-corrected chi connectivity index (χ1v) is 8.16. The maximum absolute atomic E-state index is 11.9. The number of non-ortho nitro benzene ring substituents is 1. The number of benzene rings is 2. The molecule has 0 aliphatic rings. The number of aromatic nitrogens is 2. The standard InChI is InChI=1S/C19H15N5O4/c25-18(21-22-19(26)15-7-9-17(10-8-15)24(27)28)11-6-14-12-20-23(13-14)16-4-2-1-3-5-16/h1-13H,(H,21,25)(H,22,26)/b11-6+. The quantitative estimate of drug-likeness (QED) is 0.401. The monoisotopic (exact) mass is 377 g/mol. The van der Waals surface area contributed by atoms with E-state index in [4.69, 9.17) is 0 Å². The number of hydrogen-bond acceptors (Lipinski definition) is 5.